The Morgan fingerprint density at radius 3 is 2.48 bits per heavy atom. The highest BCUT2D eigenvalue weighted by molar-refractivity contribution is 7.17. The Labute approximate surface area is 193 Å². The van der Waals surface area contributed by atoms with E-state index in [4.69, 9.17) is 4.74 Å². The second-order valence-corrected chi connectivity index (χ2v) is 9.08. The third-order valence-electron chi connectivity index (χ3n) is 5.94. The van der Waals surface area contributed by atoms with Crippen molar-refractivity contribution in [3.8, 4) is 16.9 Å². The minimum absolute atomic E-state index is 0. The summed E-state index contributed by atoms with van der Waals surface area (Å²) in [5, 5.41) is 7.32. The Morgan fingerprint density at radius 2 is 1.87 bits per heavy atom. The average molecular weight is 457 g/mol. The van der Waals surface area contributed by atoms with Crippen LogP contribution < -0.4 is 15.6 Å². The molecule has 0 aliphatic heterocycles. The van der Waals surface area contributed by atoms with Gasteiger partial charge in [-0.1, -0.05) is 38.1 Å². The van der Waals surface area contributed by atoms with Crippen LogP contribution in [0.25, 0.3) is 32.1 Å². The number of aromatic nitrogens is 1. The van der Waals surface area contributed by atoms with Crippen molar-refractivity contribution in [1.29, 1.82) is 0 Å². The number of ether oxygens (including phenoxy) is 1. The fourth-order valence-corrected chi connectivity index (χ4v) is 5.17. The van der Waals surface area contributed by atoms with Crippen LogP contribution in [0, 0.1) is 12.8 Å². The maximum atomic E-state index is 12.6. The Bertz CT molecular complexity index is 1260. The molecule has 4 rings (SSSR count). The molecule has 2 heterocycles. The summed E-state index contributed by atoms with van der Waals surface area (Å²) in [6.07, 6.45) is 0. The number of pyridine rings is 1. The predicted octanol–water partition coefficient (Wildman–Crippen LogP) is 6.11. The van der Waals surface area contributed by atoms with Gasteiger partial charge in [0.2, 0.25) is 0 Å². The Kier molecular flexibility index (Phi) is 7.10. The van der Waals surface area contributed by atoms with Crippen LogP contribution in [-0.2, 0) is 0 Å². The summed E-state index contributed by atoms with van der Waals surface area (Å²) in [5.41, 5.74) is 5.29. The first-order valence-corrected chi connectivity index (χ1v) is 11.2. The van der Waals surface area contributed by atoms with Gasteiger partial charge in [-0.2, -0.15) is 0 Å². The van der Waals surface area contributed by atoms with Crippen LogP contribution in [0.5, 0.6) is 5.75 Å². The van der Waals surface area contributed by atoms with Gasteiger partial charge in [0.25, 0.3) is 5.56 Å². The van der Waals surface area contributed by atoms with E-state index in [2.05, 4.69) is 48.4 Å². The number of thiophene rings is 1. The molecule has 0 fully saturated rings. The van der Waals surface area contributed by atoms with Crippen LogP contribution in [-0.4, -0.2) is 25.7 Å². The van der Waals surface area contributed by atoms with Crippen molar-refractivity contribution in [2.24, 2.45) is 5.92 Å². The topological polar surface area (TPSA) is 54.1 Å². The molecule has 2 aromatic heterocycles. The average Bonchev–Trinajstić information content (AvgIpc) is 3.23. The molecule has 2 aromatic carbocycles. The van der Waals surface area contributed by atoms with Crippen LogP contribution in [0.2, 0.25) is 0 Å². The molecule has 4 nitrogen and oxygen atoms in total. The molecular formula is C25H29ClN2O2S. The van der Waals surface area contributed by atoms with E-state index < -0.39 is 0 Å². The molecule has 0 bridgehead atoms. The number of aromatic amines is 1. The van der Waals surface area contributed by atoms with E-state index >= 15 is 0 Å². The lowest BCUT2D eigenvalue weighted by atomic mass is 9.87. The number of methoxy groups -OCH3 is 1. The number of fused-ring (bicyclic) bond motifs is 3. The van der Waals surface area contributed by atoms with Crippen molar-refractivity contribution in [2.45, 2.75) is 26.7 Å². The lowest BCUT2D eigenvalue weighted by molar-refractivity contribution is 0.416. The van der Waals surface area contributed by atoms with E-state index in [1.165, 1.54) is 16.9 Å². The first-order chi connectivity index (χ1) is 14.5. The zero-order valence-corrected chi connectivity index (χ0v) is 20.2. The van der Waals surface area contributed by atoms with Crippen molar-refractivity contribution in [3.05, 3.63) is 63.3 Å². The molecule has 2 N–H and O–H groups in total. The molecule has 0 amide bonds. The second kappa shape index (κ2) is 9.43. The summed E-state index contributed by atoms with van der Waals surface area (Å²) in [4.78, 5) is 15.7. The van der Waals surface area contributed by atoms with E-state index in [1.54, 1.807) is 7.11 Å². The first kappa shape index (κ1) is 23.3. The summed E-state index contributed by atoms with van der Waals surface area (Å²) < 4.78 is 6.55. The summed E-state index contributed by atoms with van der Waals surface area (Å²) >= 11 is 1.48. The van der Waals surface area contributed by atoms with Gasteiger partial charge in [0.05, 0.1) is 12.6 Å². The van der Waals surface area contributed by atoms with E-state index in [1.807, 2.05) is 31.5 Å². The normalized spacial score (nSPS) is 12.3. The lowest BCUT2D eigenvalue weighted by Gasteiger charge is -2.22. The fourth-order valence-electron chi connectivity index (χ4n) is 4.37. The molecule has 0 aliphatic rings. The highest BCUT2D eigenvalue weighted by Gasteiger charge is 2.19. The molecule has 0 aliphatic carbocycles. The third kappa shape index (κ3) is 4.10. The van der Waals surface area contributed by atoms with E-state index in [0.29, 0.717) is 11.8 Å². The fraction of sp³-hybridized carbons (Fsp3) is 0.320. The minimum Gasteiger partial charge on any atom is -0.496 e. The molecule has 0 saturated carbocycles. The highest BCUT2D eigenvalue weighted by atomic mass is 35.5. The van der Waals surface area contributed by atoms with Crippen molar-refractivity contribution < 1.29 is 4.74 Å². The van der Waals surface area contributed by atoms with Gasteiger partial charge in [-0.05, 0) is 60.0 Å². The molecule has 0 spiro atoms. The van der Waals surface area contributed by atoms with Gasteiger partial charge < -0.3 is 15.0 Å². The van der Waals surface area contributed by atoms with Gasteiger partial charge in [0.1, 0.15) is 10.4 Å². The zero-order chi connectivity index (χ0) is 21.4. The molecule has 1 unspecified atom stereocenters. The molecule has 0 radical (unpaired) electrons. The highest BCUT2D eigenvalue weighted by Crippen LogP contribution is 2.42. The van der Waals surface area contributed by atoms with E-state index in [0.717, 1.165) is 50.0 Å². The molecule has 6 heteroatoms. The maximum absolute atomic E-state index is 12.6. The first-order valence-electron chi connectivity index (χ1n) is 10.3. The third-order valence-corrected chi connectivity index (χ3v) is 6.86. The molecule has 4 aromatic rings. The summed E-state index contributed by atoms with van der Waals surface area (Å²) in [7, 11) is 3.70. The van der Waals surface area contributed by atoms with Crippen LogP contribution >= 0.6 is 23.7 Å². The Hall–Kier alpha value is -2.34. The predicted molar refractivity (Wildman–Crippen MR) is 135 cm³/mol. The summed E-state index contributed by atoms with van der Waals surface area (Å²) in [5.74, 6) is 1.83. The summed E-state index contributed by atoms with van der Waals surface area (Å²) in [6.45, 7) is 7.48. The van der Waals surface area contributed by atoms with Crippen LogP contribution in [0.15, 0.2) is 46.6 Å². The van der Waals surface area contributed by atoms with Gasteiger partial charge in [-0.15, -0.1) is 23.7 Å². The van der Waals surface area contributed by atoms with Crippen molar-refractivity contribution in [3.63, 3.8) is 0 Å². The van der Waals surface area contributed by atoms with Crippen LogP contribution in [0.3, 0.4) is 0 Å². The molecule has 31 heavy (non-hydrogen) atoms. The van der Waals surface area contributed by atoms with Crippen molar-refractivity contribution in [1.82, 2.24) is 10.3 Å². The lowest BCUT2D eigenvalue weighted by Crippen LogP contribution is -2.21. The monoisotopic (exact) mass is 456 g/mol. The molecule has 0 saturated heterocycles. The minimum atomic E-state index is -0.0334. The van der Waals surface area contributed by atoms with Crippen LogP contribution in [0.1, 0.15) is 30.9 Å². The second-order valence-electron chi connectivity index (χ2n) is 8.17. The van der Waals surface area contributed by atoms with E-state index in [9.17, 15) is 4.79 Å². The maximum Gasteiger partial charge on any atom is 0.266 e. The van der Waals surface area contributed by atoms with Gasteiger partial charge in [0.15, 0.2) is 0 Å². The zero-order valence-electron chi connectivity index (χ0n) is 18.5. The van der Waals surface area contributed by atoms with Crippen molar-refractivity contribution >= 4 is 44.7 Å². The Balaban J connectivity index is 0.00000272. The number of H-pyrrole nitrogens is 1. The molecule has 164 valence electrons. The van der Waals surface area contributed by atoms with Gasteiger partial charge in [-0.3, -0.25) is 4.79 Å². The number of aryl methyl sites for hydroxylation is 1. The SMILES string of the molecule is CNCC(c1ccc(-c2c(OC)cc(C)c3[nH]c(=O)c4sccc4c23)cc1)C(C)C.Cl. The number of halogens is 1. The number of benzene rings is 2. The largest absolute Gasteiger partial charge is 0.496 e. The van der Waals surface area contributed by atoms with Gasteiger partial charge in [0, 0.05) is 22.9 Å². The van der Waals surface area contributed by atoms with Gasteiger partial charge in [-0.25, -0.2) is 0 Å². The number of likely N-dealkylation sites (N-methyl/N-ethyl adjacent to an activating group) is 1. The molecule has 1 atom stereocenters. The van der Waals surface area contributed by atoms with E-state index in [-0.39, 0.29) is 18.0 Å². The Morgan fingerprint density at radius 1 is 1.16 bits per heavy atom. The van der Waals surface area contributed by atoms with Crippen LogP contribution in [0.4, 0.5) is 0 Å². The number of rotatable bonds is 6. The number of hydrogen-bond acceptors (Lipinski definition) is 4. The van der Waals surface area contributed by atoms with Crippen molar-refractivity contribution in [2.75, 3.05) is 20.7 Å². The molecular weight excluding hydrogens is 428 g/mol. The quantitative estimate of drug-likeness (QED) is 0.368. The summed E-state index contributed by atoms with van der Waals surface area (Å²) in [6, 6.07) is 12.8. The number of hydrogen-bond donors (Lipinski definition) is 2. The smallest absolute Gasteiger partial charge is 0.266 e. The van der Waals surface area contributed by atoms with Gasteiger partial charge >= 0.3 is 0 Å². The number of nitrogens with one attached hydrogen (secondary N) is 2. The standard InChI is InChI=1S/C25H28N2O2S.ClH/c1-14(2)19(13-26-4)16-6-8-17(9-7-16)21-20(29-5)12-15(3)23-22(21)18-10-11-30-24(18)25(28)27-23;/h6-12,14,19,26H,13H2,1-5H3,(H,27,28);1H.